The maximum absolute atomic E-state index is 13.8. The number of phenolic OH excluding ortho intramolecular Hbond substituents is 1. The van der Waals surface area contributed by atoms with E-state index in [1.807, 2.05) is 0 Å². The number of thioether (sulfide) groups is 1. The molecule has 3 atom stereocenters. The summed E-state index contributed by atoms with van der Waals surface area (Å²) >= 11 is 5.65. The van der Waals surface area contributed by atoms with E-state index in [1.165, 1.54) is 28.8 Å². The van der Waals surface area contributed by atoms with E-state index in [-0.39, 0.29) is 35.0 Å². The van der Waals surface area contributed by atoms with Crippen LogP contribution >= 0.6 is 39.0 Å². The molecule has 0 spiro atoms. The minimum absolute atomic E-state index is 0.0981. The van der Waals surface area contributed by atoms with Crippen LogP contribution in [0.2, 0.25) is 0 Å². The number of benzene rings is 3. The highest BCUT2D eigenvalue weighted by Gasteiger charge is 2.56. The summed E-state index contributed by atoms with van der Waals surface area (Å²) in [5, 5.41) is 12.0. The number of nitrogens with one attached hydrogen (secondary N) is 2. The number of rotatable bonds is 6. The van der Waals surface area contributed by atoms with Crippen LogP contribution in [0.3, 0.4) is 0 Å². The van der Waals surface area contributed by atoms with Gasteiger partial charge in [-0.05, 0) is 66.2 Å². The fourth-order valence-electron chi connectivity index (χ4n) is 4.88. The van der Waals surface area contributed by atoms with Gasteiger partial charge in [-0.1, -0.05) is 51.2 Å². The van der Waals surface area contributed by atoms with Crippen LogP contribution in [0.5, 0.6) is 11.5 Å². The van der Waals surface area contributed by atoms with Gasteiger partial charge in [-0.15, -0.1) is 0 Å². The first kappa shape index (κ1) is 26.4. The average Bonchev–Trinajstić information content (AvgIpc) is 3.44. The van der Waals surface area contributed by atoms with Crippen LogP contribution in [0.4, 0.5) is 11.4 Å². The van der Waals surface area contributed by atoms with Crippen LogP contribution < -0.4 is 19.8 Å². The van der Waals surface area contributed by atoms with Gasteiger partial charge >= 0.3 is 4.87 Å². The lowest BCUT2D eigenvalue weighted by atomic mass is 9.83. The molecule has 0 radical (unpaired) electrons. The van der Waals surface area contributed by atoms with E-state index in [2.05, 4.69) is 26.2 Å². The molecular formula is C28H20BrN3O6S2. The van der Waals surface area contributed by atoms with E-state index >= 15 is 0 Å². The number of halogens is 1. The Labute approximate surface area is 244 Å². The summed E-state index contributed by atoms with van der Waals surface area (Å²) in [5.74, 6) is -1.65. The molecule has 4 aromatic rings. The number of hydrogen-bond acceptors (Lipinski definition) is 8. The number of carbonyl (C=O) groups excluding carboxylic acids is 3. The smallest absolute Gasteiger partial charge is 0.305 e. The Hall–Kier alpha value is -3.87. The largest absolute Gasteiger partial charge is 0.508 e. The zero-order valence-electron chi connectivity index (χ0n) is 20.5. The Morgan fingerprint density at radius 2 is 1.68 bits per heavy atom. The quantitative estimate of drug-likeness (QED) is 0.206. The lowest BCUT2D eigenvalue weighted by Gasteiger charge is -2.29. The molecule has 12 heteroatoms. The van der Waals surface area contributed by atoms with Crippen molar-refractivity contribution < 1.29 is 24.2 Å². The molecule has 1 fully saturated rings. The van der Waals surface area contributed by atoms with Crippen molar-refractivity contribution in [3.05, 3.63) is 97.4 Å². The number of imide groups is 1. The zero-order valence-corrected chi connectivity index (χ0v) is 23.7. The fourth-order valence-corrected chi connectivity index (χ4v) is 7.66. The van der Waals surface area contributed by atoms with Gasteiger partial charge in [0.2, 0.25) is 11.8 Å². The Bertz CT molecular complexity index is 1670. The molecule has 40 heavy (non-hydrogen) atoms. The number of amides is 3. The number of anilines is 2. The average molecular weight is 639 g/mol. The second kappa shape index (κ2) is 10.6. The Balaban J connectivity index is 1.24. The molecule has 0 bridgehead atoms. The van der Waals surface area contributed by atoms with Crippen molar-refractivity contribution in [1.29, 1.82) is 0 Å². The van der Waals surface area contributed by atoms with Crippen molar-refractivity contribution in [2.45, 2.75) is 16.2 Å². The van der Waals surface area contributed by atoms with Crippen LogP contribution in [0.25, 0.3) is 0 Å². The van der Waals surface area contributed by atoms with Crippen LogP contribution in [0.15, 0.2) is 87.1 Å². The second-order valence-corrected chi connectivity index (χ2v) is 12.3. The molecule has 3 aromatic carbocycles. The van der Waals surface area contributed by atoms with E-state index < -0.39 is 17.1 Å². The van der Waals surface area contributed by atoms with Crippen molar-refractivity contribution in [1.82, 2.24) is 4.98 Å². The molecule has 0 saturated carbocycles. The van der Waals surface area contributed by atoms with E-state index in [4.69, 9.17) is 4.74 Å². The molecule has 2 aliphatic heterocycles. The van der Waals surface area contributed by atoms with E-state index in [9.17, 15) is 24.3 Å². The molecule has 6 rings (SSSR count). The number of hydrogen-bond donors (Lipinski definition) is 3. The van der Waals surface area contributed by atoms with Crippen molar-refractivity contribution in [3.8, 4) is 11.5 Å². The normalized spacial score (nSPS) is 19.7. The summed E-state index contributed by atoms with van der Waals surface area (Å²) < 4.78 is 6.47. The predicted octanol–water partition coefficient (Wildman–Crippen LogP) is 4.72. The highest BCUT2D eigenvalue weighted by molar-refractivity contribution is 9.10. The van der Waals surface area contributed by atoms with Crippen molar-refractivity contribution >= 4 is 68.1 Å². The van der Waals surface area contributed by atoms with Crippen molar-refractivity contribution in [3.63, 3.8) is 0 Å². The third-order valence-corrected chi connectivity index (χ3v) is 9.60. The maximum Gasteiger partial charge on any atom is 0.305 e. The Morgan fingerprint density at radius 1 is 0.975 bits per heavy atom. The number of H-pyrrole nitrogens is 1. The summed E-state index contributed by atoms with van der Waals surface area (Å²) in [7, 11) is 0. The van der Waals surface area contributed by atoms with Gasteiger partial charge in [-0.3, -0.25) is 19.2 Å². The predicted molar refractivity (Wildman–Crippen MR) is 155 cm³/mol. The number of thiazole rings is 1. The van der Waals surface area contributed by atoms with Gasteiger partial charge in [-0.2, -0.15) is 0 Å². The first-order valence-electron chi connectivity index (χ1n) is 12.1. The molecule has 0 aliphatic carbocycles. The third kappa shape index (κ3) is 4.93. The molecule has 1 aromatic heterocycles. The monoisotopic (exact) mass is 637 g/mol. The van der Waals surface area contributed by atoms with Gasteiger partial charge < -0.3 is 20.1 Å². The lowest BCUT2D eigenvalue weighted by molar-refractivity contribution is -0.122. The summed E-state index contributed by atoms with van der Waals surface area (Å²) in [6.45, 7) is -0.232. The minimum atomic E-state index is -0.692. The molecule has 9 nitrogen and oxygen atoms in total. The van der Waals surface area contributed by atoms with E-state index in [0.29, 0.717) is 22.2 Å². The summed E-state index contributed by atoms with van der Waals surface area (Å²) in [6, 6.07) is 20.1. The topological polar surface area (TPSA) is 129 Å². The first-order valence-corrected chi connectivity index (χ1v) is 14.6. The summed E-state index contributed by atoms with van der Waals surface area (Å²) in [6.07, 6.45) is 0. The van der Waals surface area contributed by atoms with E-state index in [0.717, 1.165) is 26.3 Å². The van der Waals surface area contributed by atoms with Crippen molar-refractivity contribution in [2.75, 3.05) is 16.8 Å². The Kier molecular flexibility index (Phi) is 6.99. The third-order valence-electron chi connectivity index (χ3n) is 6.67. The highest BCUT2D eigenvalue weighted by atomic mass is 79.9. The zero-order chi connectivity index (χ0) is 28.0. The van der Waals surface area contributed by atoms with Crippen LogP contribution in [-0.4, -0.2) is 39.7 Å². The molecule has 2 unspecified atom stereocenters. The number of aromatic amines is 1. The lowest BCUT2D eigenvalue weighted by Crippen LogP contribution is -2.32. The molecule has 3 heterocycles. The van der Waals surface area contributed by atoms with Gasteiger partial charge in [0.05, 0.1) is 16.6 Å². The molecule has 202 valence electrons. The van der Waals surface area contributed by atoms with Crippen LogP contribution in [0.1, 0.15) is 16.4 Å². The number of nitrogens with zero attached hydrogens (tertiary/aromatic N) is 1. The number of fused-ring (bicyclic) bond motifs is 2. The van der Waals surface area contributed by atoms with Gasteiger partial charge in [-0.25, -0.2) is 4.90 Å². The number of carbonyl (C=O) groups is 3. The molecule has 2 aliphatic rings. The summed E-state index contributed by atoms with van der Waals surface area (Å²) in [4.78, 5) is 56.3. The number of aromatic nitrogens is 1. The van der Waals surface area contributed by atoms with Crippen molar-refractivity contribution in [2.24, 2.45) is 5.92 Å². The SMILES string of the molecule is O=C(COc1ccc([C@H]2c3sc(=O)[nH]c3SC3C(=O)N(c4ccc(Br)cc4)C(=O)C32)cc1)Nc1ccc(O)cc1. The van der Waals surface area contributed by atoms with Gasteiger partial charge in [0, 0.05) is 21.0 Å². The van der Waals surface area contributed by atoms with Crippen LogP contribution in [-0.2, 0) is 14.4 Å². The maximum atomic E-state index is 13.8. The van der Waals surface area contributed by atoms with E-state index in [1.54, 1.807) is 60.7 Å². The number of aromatic hydroxyl groups is 1. The second-order valence-electron chi connectivity index (χ2n) is 9.19. The van der Waals surface area contributed by atoms with Gasteiger partial charge in [0.15, 0.2) is 6.61 Å². The number of ether oxygens (including phenoxy) is 1. The van der Waals surface area contributed by atoms with Crippen LogP contribution in [0, 0.1) is 5.92 Å². The van der Waals surface area contributed by atoms with Gasteiger partial charge in [0.25, 0.3) is 5.91 Å². The minimum Gasteiger partial charge on any atom is -0.508 e. The van der Waals surface area contributed by atoms with Gasteiger partial charge in [0.1, 0.15) is 16.7 Å². The molecule has 3 amide bonds. The molecule has 3 N–H and O–H groups in total. The Morgan fingerprint density at radius 3 is 2.38 bits per heavy atom. The fraction of sp³-hybridized carbons (Fsp3) is 0.143. The molecule has 1 saturated heterocycles. The molecular weight excluding hydrogens is 618 g/mol. The first-order chi connectivity index (χ1) is 19.3. The highest BCUT2D eigenvalue weighted by Crippen LogP contribution is 2.53. The summed E-state index contributed by atoms with van der Waals surface area (Å²) in [5.41, 5.74) is 1.78. The standard InChI is InChI=1S/C28H20BrN3O6S2/c29-15-3-7-17(8-4-15)32-26(35)22-21(23-25(31-28(37)40-23)39-24(22)27(32)36)14-1-11-19(12-2-14)38-13-20(34)30-16-5-9-18(33)10-6-16/h1-12,21-22,24,33H,13H2,(H,30,34)(H,31,37)/t21-,22?,24?/m1/s1. The number of phenols is 1.